The molecule has 1 aliphatic rings. The Labute approximate surface area is 115 Å². The largest absolute Gasteiger partial charge is 0.398 e. The Morgan fingerprint density at radius 2 is 2.22 bits per heavy atom. The summed E-state index contributed by atoms with van der Waals surface area (Å²) in [6.45, 7) is 5.79. The molecule has 0 atom stereocenters. The third-order valence-corrected chi connectivity index (χ3v) is 3.82. The summed E-state index contributed by atoms with van der Waals surface area (Å²) in [4.78, 5) is 14.3. The Kier molecular flexibility index (Phi) is 3.64. The van der Waals surface area contributed by atoms with Gasteiger partial charge in [0.1, 0.15) is 0 Å². The van der Waals surface area contributed by atoms with E-state index < -0.39 is 0 Å². The molecule has 2 rings (SSSR count). The second-order valence-electron chi connectivity index (χ2n) is 5.06. The third kappa shape index (κ3) is 2.52. The maximum absolute atomic E-state index is 12.5. The number of halogens is 1. The summed E-state index contributed by atoms with van der Waals surface area (Å²) in [6, 6.07) is 5.27. The SMILES string of the molecule is CC1(C)COCCN1C(=O)c1ccc(N)c(Br)c1. The number of carbonyl (C=O) groups excluding carboxylic acids is 1. The van der Waals surface area contributed by atoms with Crippen molar-refractivity contribution in [1.29, 1.82) is 0 Å². The molecule has 18 heavy (non-hydrogen) atoms. The molecular formula is C13H17BrN2O2. The van der Waals surface area contributed by atoms with E-state index in [0.29, 0.717) is 31.0 Å². The van der Waals surface area contributed by atoms with Crippen molar-refractivity contribution < 1.29 is 9.53 Å². The number of nitrogens with zero attached hydrogens (tertiary/aromatic N) is 1. The van der Waals surface area contributed by atoms with Crippen LogP contribution in [0.5, 0.6) is 0 Å². The van der Waals surface area contributed by atoms with Gasteiger partial charge in [0, 0.05) is 22.3 Å². The zero-order chi connectivity index (χ0) is 13.3. The second-order valence-corrected chi connectivity index (χ2v) is 5.91. The van der Waals surface area contributed by atoms with Crippen LogP contribution in [0.4, 0.5) is 5.69 Å². The fourth-order valence-corrected chi connectivity index (χ4v) is 2.43. The molecule has 1 heterocycles. The first-order valence-electron chi connectivity index (χ1n) is 5.86. The lowest BCUT2D eigenvalue weighted by Crippen LogP contribution is -2.55. The lowest BCUT2D eigenvalue weighted by molar-refractivity contribution is -0.0370. The van der Waals surface area contributed by atoms with Crippen molar-refractivity contribution >= 4 is 27.5 Å². The van der Waals surface area contributed by atoms with Crippen LogP contribution >= 0.6 is 15.9 Å². The van der Waals surface area contributed by atoms with E-state index in [1.165, 1.54) is 0 Å². The predicted molar refractivity (Wildman–Crippen MR) is 74.5 cm³/mol. The first-order valence-corrected chi connectivity index (χ1v) is 6.66. The fraction of sp³-hybridized carbons (Fsp3) is 0.462. The van der Waals surface area contributed by atoms with Crippen molar-refractivity contribution in [2.24, 2.45) is 0 Å². The highest BCUT2D eigenvalue weighted by atomic mass is 79.9. The molecule has 1 aromatic carbocycles. The van der Waals surface area contributed by atoms with Gasteiger partial charge in [-0.15, -0.1) is 0 Å². The van der Waals surface area contributed by atoms with Crippen LogP contribution in [0, 0.1) is 0 Å². The number of hydrogen-bond donors (Lipinski definition) is 1. The highest BCUT2D eigenvalue weighted by Gasteiger charge is 2.34. The highest BCUT2D eigenvalue weighted by Crippen LogP contribution is 2.25. The molecule has 1 saturated heterocycles. The topological polar surface area (TPSA) is 55.6 Å². The first-order chi connectivity index (χ1) is 8.42. The number of anilines is 1. The molecule has 0 aliphatic carbocycles. The monoisotopic (exact) mass is 312 g/mol. The average Bonchev–Trinajstić information content (AvgIpc) is 2.31. The molecule has 1 aliphatic heterocycles. The van der Waals surface area contributed by atoms with Crippen LogP contribution in [0.1, 0.15) is 24.2 Å². The summed E-state index contributed by atoms with van der Waals surface area (Å²) in [5.41, 5.74) is 6.73. The molecule has 5 heteroatoms. The van der Waals surface area contributed by atoms with E-state index >= 15 is 0 Å². The minimum absolute atomic E-state index is 0.0176. The molecule has 0 radical (unpaired) electrons. The van der Waals surface area contributed by atoms with E-state index in [0.717, 1.165) is 4.47 Å². The molecule has 98 valence electrons. The van der Waals surface area contributed by atoms with Crippen LogP contribution in [0.2, 0.25) is 0 Å². The van der Waals surface area contributed by atoms with E-state index in [9.17, 15) is 4.79 Å². The number of nitrogens with two attached hydrogens (primary N) is 1. The number of amides is 1. The van der Waals surface area contributed by atoms with Crippen molar-refractivity contribution in [2.75, 3.05) is 25.5 Å². The molecule has 0 unspecified atom stereocenters. The van der Waals surface area contributed by atoms with Crippen molar-refractivity contribution in [2.45, 2.75) is 19.4 Å². The van der Waals surface area contributed by atoms with E-state index in [-0.39, 0.29) is 11.4 Å². The minimum Gasteiger partial charge on any atom is -0.398 e. The summed E-state index contributed by atoms with van der Waals surface area (Å²) in [6.07, 6.45) is 0. The van der Waals surface area contributed by atoms with Crippen molar-refractivity contribution in [1.82, 2.24) is 4.90 Å². The maximum Gasteiger partial charge on any atom is 0.254 e. The van der Waals surface area contributed by atoms with Crippen molar-refractivity contribution in [3.8, 4) is 0 Å². The smallest absolute Gasteiger partial charge is 0.254 e. The minimum atomic E-state index is -0.275. The second kappa shape index (κ2) is 4.90. The van der Waals surface area contributed by atoms with Gasteiger partial charge in [0.15, 0.2) is 0 Å². The molecule has 1 amide bonds. The standard InChI is InChI=1S/C13H17BrN2O2/c1-13(2)8-18-6-5-16(13)12(17)9-3-4-11(15)10(14)7-9/h3-4,7H,5-6,8,15H2,1-2H3. The molecule has 0 spiro atoms. The van der Waals surface area contributed by atoms with Crippen molar-refractivity contribution in [3.63, 3.8) is 0 Å². The molecule has 0 saturated carbocycles. The van der Waals surface area contributed by atoms with E-state index in [2.05, 4.69) is 15.9 Å². The molecular weight excluding hydrogens is 296 g/mol. The van der Waals surface area contributed by atoms with E-state index in [4.69, 9.17) is 10.5 Å². The van der Waals surface area contributed by atoms with Crippen LogP contribution < -0.4 is 5.73 Å². The summed E-state index contributed by atoms with van der Waals surface area (Å²) < 4.78 is 6.17. The average molecular weight is 313 g/mol. The number of ether oxygens (including phenoxy) is 1. The van der Waals surface area contributed by atoms with E-state index in [1.807, 2.05) is 18.7 Å². The fourth-order valence-electron chi connectivity index (χ4n) is 2.05. The molecule has 1 fully saturated rings. The van der Waals surface area contributed by atoms with Crippen LogP contribution in [0.3, 0.4) is 0 Å². The number of hydrogen-bond acceptors (Lipinski definition) is 3. The lowest BCUT2D eigenvalue weighted by atomic mass is 10.0. The summed E-state index contributed by atoms with van der Waals surface area (Å²) in [5, 5.41) is 0. The van der Waals surface area contributed by atoms with Gasteiger partial charge in [0.25, 0.3) is 5.91 Å². The van der Waals surface area contributed by atoms with Crippen LogP contribution in [-0.4, -0.2) is 36.1 Å². The van der Waals surface area contributed by atoms with Gasteiger partial charge in [-0.3, -0.25) is 4.79 Å². The van der Waals surface area contributed by atoms with Gasteiger partial charge < -0.3 is 15.4 Å². The summed E-state index contributed by atoms with van der Waals surface area (Å²) >= 11 is 3.35. The van der Waals surface area contributed by atoms with E-state index in [1.54, 1.807) is 18.2 Å². The normalized spacial score (nSPS) is 18.7. The number of morpholine rings is 1. The highest BCUT2D eigenvalue weighted by molar-refractivity contribution is 9.10. The van der Waals surface area contributed by atoms with Gasteiger partial charge >= 0.3 is 0 Å². The number of carbonyl (C=O) groups is 1. The maximum atomic E-state index is 12.5. The van der Waals surface area contributed by atoms with Crippen molar-refractivity contribution in [3.05, 3.63) is 28.2 Å². The Morgan fingerprint density at radius 1 is 1.50 bits per heavy atom. The van der Waals surface area contributed by atoms with Gasteiger partial charge in [-0.1, -0.05) is 0 Å². The molecule has 1 aromatic rings. The Morgan fingerprint density at radius 3 is 2.83 bits per heavy atom. The quantitative estimate of drug-likeness (QED) is 0.809. The molecule has 4 nitrogen and oxygen atoms in total. The zero-order valence-corrected chi connectivity index (χ0v) is 12.2. The lowest BCUT2D eigenvalue weighted by Gasteiger charge is -2.42. The van der Waals surface area contributed by atoms with Crippen LogP contribution in [0.15, 0.2) is 22.7 Å². The van der Waals surface area contributed by atoms with Crippen LogP contribution in [0.25, 0.3) is 0 Å². The van der Waals surface area contributed by atoms with Gasteiger partial charge in [0.2, 0.25) is 0 Å². The van der Waals surface area contributed by atoms with Gasteiger partial charge in [-0.2, -0.15) is 0 Å². The summed E-state index contributed by atoms with van der Waals surface area (Å²) in [5.74, 6) is 0.0176. The zero-order valence-electron chi connectivity index (χ0n) is 10.6. The van der Waals surface area contributed by atoms with Gasteiger partial charge in [-0.25, -0.2) is 0 Å². The molecule has 2 N–H and O–H groups in total. The predicted octanol–water partition coefficient (Wildman–Crippen LogP) is 2.28. The summed E-state index contributed by atoms with van der Waals surface area (Å²) in [7, 11) is 0. The van der Waals surface area contributed by atoms with Crippen LogP contribution in [-0.2, 0) is 4.74 Å². The number of benzene rings is 1. The molecule has 0 aromatic heterocycles. The molecule has 0 bridgehead atoms. The number of rotatable bonds is 1. The number of nitrogen functional groups attached to an aromatic ring is 1. The Hall–Kier alpha value is -1.07. The Balaban J connectivity index is 2.27. The van der Waals surface area contributed by atoms with Gasteiger partial charge in [-0.05, 0) is 48.0 Å². The third-order valence-electron chi connectivity index (χ3n) is 3.14. The van der Waals surface area contributed by atoms with Gasteiger partial charge in [0.05, 0.1) is 18.8 Å². The Bertz CT molecular complexity index is 474. The first kappa shape index (κ1) is 13.4.